The number of carbonyl (C=O) groups excluding carboxylic acids is 1. The Labute approximate surface area is 320 Å². The van der Waals surface area contributed by atoms with E-state index < -0.39 is 17.5 Å². The van der Waals surface area contributed by atoms with Gasteiger partial charge in [0.15, 0.2) is 0 Å². The van der Waals surface area contributed by atoms with Gasteiger partial charge in [-0.25, -0.2) is 0 Å². The Hall–Kier alpha value is -4.94. The number of thioether (sulfide) groups is 1. The van der Waals surface area contributed by atoms with Crippen LogP contribution in [-0.4, -0.2) is 27.8 Å². The summed E-state index contributed by atoms with van der Waals surface area (Å²) in [5.41, 5.74) is 5.56. The number of benzene rings is 5. The lowest BCUT2D eigenvalue weighted by Crippen LogP contribution is -2.17. The minimum Gasteiger partial charge on any atom is -0.507 e. The zero-order valence-corrected chi connectivity index (χ0v) is 33.2. The van der Waals surface area contributed by atoms with Crippen molar-refractivity contribution in [1.29, 1.82) is 0 Å². The number of hydrogen-bond acceptors (Lipinski definition) is 6. The SMILES string of the molecule is CC(C)(C)c1cc(C=N[C@@H](c2ccccc2)[C@@H](N=Cc2cc(SC(=O)c3ccccc3)cc(C(C)(C)C)c2O)c2ccccc2)c(O)c(C(C)(C)C)c1. The van der Waals surface area contributed by atoms with E-state index in [0.717, 1.165) is 44.5 Å². The second-order valence-electron chi connectivity index (χ2n) is 16.6. The predicted molar refractivity (Wildman–Crippen MR) is 222 cm³/mol. The summed E-state index contributed by atoms with van der Waals surface area (Å²) < 4.78 is 0. The molecule has 2 N–H and O–H groups in total. The van der Waals surface area contributed by atoms with E-state index in [2.05, 4.69) is 47.6 Å². The van der Waals surface area contributed by atoms with Gasteiger partial charge in [-0.1, -0.05) is 159 Å². The van der Waals surface area contributed by atoms with Crippen molar-refractivity contribution >= 4 is 29.3 Å². The zero-order valence-electron chi connectivity index (χ0n) is 32.4. The minimum absolute atomic E-state index is 0.0759. The van der Waals surface area contributed by atoms with Crippen LogP contribution in [0.25, 0.3) is 0 Å². The monoisotopic (exact) mass is 724 g/mol. The number of aromatic hydroxyl groups is 2. The molecule has 274 valence electrons. The van der Waals surface area contributed by atoms with Gasteiger partial charge in [0.25, 0.3) is 0 Å². The van der Waals surface area contributed by atoms with Gasteiger partial charge in [0.2, 0.25) is 5.12 Å². The van der Waals surface area contributed by atoms with Crippen LogP contribution in [0.1, 0.15) is 124 Å². The second kappa shape index (κ2) is 16.0. The summed E-state index contributed by atoms with van der Waals surface area (Å²) in [4.78, 5) is 24.4. The van der Waals surface area contributed by atoms with Gasteiger partial charge in [0.1, 0.15) is 23.6 Å². The predicted octanol–water partition coefficient (Wildman–Crippen LogP) is 11.9. The molecule has 0 aliphatic rings. The van der Waals surface area contributed by atoms with Crippen molar-refractivity contribution in [2.45, 2.75) is 95.5 Å². The number of aliphatic imine (C=N–C) groups is 2. The third kappa shape index (κ3) is 9.74. The van der Waals surface area contributed by atoms with Gasteiger partial charge in [-0.15, -0.1) is 0 Å². The average molecular weight is 725 g/mol. The lowest BCUT2D eigenvalue weighted by molar-refractivity contribution is 0.108. The van der Waals surface area contributed by atoms with E-state index in [4.69, 9.17) is 9.98 Å². The molecule has 5 rings (SSSR count). The van der Waals surface area contributed by atoms with E-state index in [1.54, 1.807) is 24.6 Å². The first-order chi connectivity index (χ1) is 24.9. The molecular weight excluding hydrogens is 673 g/mol. The largest absolute Gasteiger partial charge is 0.507 e. The van der Waals surface area contributed by atoms with Gasteiger partial charge in [-0.3, -0.25) is 14.8 Å². The molecule has 0 aliphatic carbocycles. The van der Waals surface area contributed by atoms with Crippen LogP contribution in [0.15, 0.2) is 130 Å². The lowest BCUT2D eigenvalue weighted by atomic mass is 9.79. The molecule has 2 atom stereocenters. The topological polar surface area (TPSA) is 82.2 Å². The molecule has 0 saturated carbocycles. The second-order valence-corrected chi connectivity index (χ2v) is 17.7. The van der Waals surface area contributed by atoms with Crippen molar-refractivity contribution in [3.8, 4) is 11.5 Å². The minimum atomic E-state index is -0.496. The molecule has 0 fully saturated rings. The summed E-state index contributed by atoms with van der Waals surface area (Å²) in [7, 11) is 0. The number of carbonyl (C=O) groups is 1. The summed E-state index contributed by atoms with van der Waals surface area (Å²) in [6, 6.07) is 36.2. The van der Waals surface area contributed by atoms with Crippen molar-refractivity contribution < 1.29 is 15.0 Å². The molecule has 6 heteroatoms. The average Bonchev–Trinajstić information content (AvgIpc) is 3.10. The van der Waals surface area contributed by atoms with Crippen LogP contribution in [0, 0.1) is 0 Å². The number of rotatable bonds is 9. The molecule has 0 amide bonds. The zero-order chi connectivity index (χ0) is 38.6. The van der Waals surface area contributed by atoms with Crippen LogP contribution < -0.4 is 0 Å². The molecule has 5 aromatic carbocycles. The van der Waals surface area contributed by atoms with Crippen molar-refractivity contribution in [3.05, 3.63) is 160 Å². The fourth-order valence-corrected chi connectivity index (χ4v) is 7.01. The Morgan fingerprint density at radius 1 is 0.566 bits per heavy atom. The molecule has 0 heterocycles. The maximum Gasteiger partial charge on any atom is 0.224 e. The third-order valence-electron chi connectivity index (χ3n) is 9.28. The quantitative estimate of drug-likeness (QED) is 0.117. The van der Waals surface area contributed by atoms with Gasteiger partial charge in [0.05, 0.1) is 0 Å². The molecule has 5 aromatic rings. The number of nitrogens with zero attached hydrogens (tertiary/aromatic N) is 2. The molecule has 0 unspecified atom stereocenters. The fraction of sp³-hybridized carbons (Fsp3) is 0.298. The molecule has 0 aliphatic heterocycles. The molecule has 0 bridgehead atoms. The van der Waals surface area contributed by atoms with Gasteiger partial charge in [-0.2, -0.15) is 0 Å². The van der Waals surface area contributed by atoms with Crippen LogP contribution in [0.5, 0.6) is 11.5 Å². The number of phenols is 2. The van der Waals surface area contributed by atoms with E-state index in [0.29, 0.717) is 16.7 Å². The standard InChI is InChI=1S/C47H52N2O3S/c1-45(2,3)36-25-34(42(50)38(27-36)46(4,5)6)29-48-40(31-19-13-10-14-20-31)41(32-21-15-11-16-22-32)49-30-35-26-37(28-39(43(35)51)47(7,8)9)53-44(52)33-23-17-12-18-24-33/h10-30,40-41,50-51H,1-9H3/t40-,41-/m0/s1. The van der Waals surface area contributed by atoms with Crippen molar-refractivity contribution in [2.75, 3.05) is 0 Å². The summed E-state index contributed by atoms with van der Waals surface area (Å²) in [5, 5.41) is 23.2. The molecular formula is C47H52N2O3S. The first kappa shape index (κ1) is 39.3. The first-order valence-corrected chi connectivity index (χ1v) is 18.9. The fourth-order valence-electron chi connectivity index (χ4n) is 6.18. The van der Waals surface area contributed by atoms with Crippen LogP contribution >= 0.6 is 11.8 Å². The molecule has 53 heavy (non-hydrogen) atoms. The molecule has 0 radical (unpaired) electrons. The van der Waals surface area contributed by atoms with Crippen LogP contribution in [0.2, 0.25) is 0 Å². The van der Waals surface area contributed by atoms with Gasteiger partial charge >= 0.3 is 0 Å². The van der Waals surface area contributed by atoms with Gasteiger partial charge < -0.3 is 10.2 Å². The van der Waals surface area contributed by atoms with Crippen LogP contribution in [0.3, 0.4) is 0 Å². The van der Waals surface area contributed by atoms with Crippen molar-refractivity contribution in [1.82, 2.24) is 0 Å². The van der Waals surface area contributed by atoms with E-state index >= 15 is 0 Å². The Bertz CT molecular complexity index is 2090. The highest BCUT2D eigenvalue weighted by Gasteiger charge is 2.28. The molecule has 5 nitrogen and oxygen atoms in total. The molecule has 0 aromatic heterocycles. The Morgan fingerprint density at radius 2 is 0.981 bits per heavy atom. The maximum absolute atomic E-state index is 13.3. The van der Waals surface area contributed by atoms with Crippen molar-refractivity contribution in [3.63, 3.8) is 0 Å². The van der Waals surface area contributed by atoms with Crippen LogP contribution in [-0.2, 0) is 16.2 Å². The van der Waals surface area contributed by atoms with Gasteiger partial charge in [0, 0.05) is 45.1 Å². The molecule has 0 saturated heterocycles. The van der Waals surface area contributed by atoms with E-state index in [-0.39, 0.29) is 27.4 Å². The Kier molecular flexibility index (Phi) is 11.8. The first-order valence-electron chi connectivity index (χ1n) is 18.1. The highest BCUT2D eigenvalue weighted by atomic mass is 32.2. The smallest absolute Gasteiger partial charge is 0.224 e. The van der Waals surface area contributed by atoms with E-state index in [1.807, 2.05) is 118 Å². The Morgan fingerprint density at radius 3 is 1.42 bits per heavy atom. The normalized spacial score (nSPS) is 13.8. The summed E-state index contributed by atoms with van der Waals surface area (Å²) in [6.45, 7) is 19.0. The van der Waals surface area contributed by atoms with E-state index in [1.165, 1.54) is 0 Å². The molecule has 0 spiro atoms. The number of phenolic OH excluding ortho intramolecular Hbond substituents is 2. The lowest BCUT2D eigenvalue weighted by Gasteiger charge is -2.27. The summed E-state index contributed by atoms with van der Waals surface area (Å²) >= 11 is 1.14. The third-order valence-corrected chi connectivity index (χ3v) is 10.2. The van der Waals surface area contributed by atoms with Crippen molar-refractivity contribution in [2.24, 2.45) is 9.98 Å². The maximum atomic E-state index is 13.3. The highest BCUT2D eigenvalue weighted by molar-refractivity contribution is 8.14. The number of hydrogen-bond donors (Lipinski definition) is 2. The van der Waals surface area contributed by atoms with Crippen LogP contribution in [0.4, 0.5) is 0 Å². The van der Waals surface area contributed by atoms with E-state index in [9.17, 15) is 15.0 Å². The summed E-state index contributed by atoms with van der Waals surface area (Å²) in [6.07, 6.45) is 3.49. The highest BCUT2D eigenvalue weighted by Crippen LogP contribution is 2.41. The van der Waals surface area contributed by atoms with Gasteiger partial charge in [-0.05, 0) is 62.9 Å². The Balaban J connectivity index is 1.65. The summed E-state index contributed by atoms with van der Waals surface area (Å²) in [5.74, 6) is 0.350.